The van der Waals surface area contributed by atoms with Gasteiger partial charge in [-0.2, -0.15) is 5.26 Å². The van der Waals surface area contributed by atoms with Crippen LogP contribution in [0.15, 0.2) is 42.0 Å². The monoisotopic (exact) mass is 362 g/mol. The third-order valence-corrected chi connectivity index (χ3v) is 4.53. The molecule has 0 heterocycles. The molecule has 4 nitrogen and oxygen atoms in total. The Morgan fingerprint density at radius 1 is 1.26 bits per heavy atom. The molecule has 2 aromatic carbocycles. The summed E-state index contributed by atoms with van der Waals surface area (Å²) < 4.78 is 5.45. The molecule has 0 aliphatic heterocycles. The first-order chi connectivity index (χ1) is 12.9. The lowest BCUT2D eigenvalue weighted by molar-refractivity contribution is -0.112. The van der Waals surface area contributed by atoms with Crippen molar-refractivity contribution < 1.29 is 9.53 Å². The Hall–Kier alpha value is -3.06. The number of rotatable bonds is 6. The zero-order valence-corrected chi connectivity index (χ0v) is 16.6. The number of aryl methyl sites for hydroxylation is 2. The van der Waals surface area contributed by atoms with Crippen molar-refractivity contribution in [1.29, 1.82) is 5.26 Å². The normalized spacial score (nSPS) is 11.2. The van der Waals surface area contributed by atoms with Crippen LogP contribution in [-0.2, 0) is 11.2 Å². The highest BCUT2D eigenvalue weighted by Crippen LogP contribution is 2.30. The zero-order chi connectivity index (χ0) is 20.0. The summed E-state index contributed by atoms with van der Waals surface area (Å²) in [5.74, 6) is 0.672. The third-order valence-electron chi connectivity index (χ3n) is 4.53. The second-order valence-electron chi connectivity index (χ2n) is 6.78. The number of methoxy groups -OCH3 is 1. The predicted octanol–water partition coefficient (Wildman–Crippen LogP) is 5.24. The van der Waals surface area contributed by atoms with Crippen LogP contribution in [0.3, 0.4) is 0 Å². The summed E-state index contributed by atoms with van der Waals surface area (Å²) in [5.41, 5.74) is 4.77. The van der Waals surface area contributed by atoms with Crippen molar-refractivity contribution in [3.8, 4) is 11.8 Å². The molecule has 0 atom stereocenters. The molecule has 2 rings (SSSR count). The Balaban J connectivity index is 2.32. The SMILES string of the molecule is CCc1ccc(NC(=O)/C(C#N)=C/c2cc(C(C)C)c(OC)cc2C)cc1. The van der Waals surface area contributed by atoms with E-state index in [1.165, 1.54) is 5.56 Å². The lowest BCUT2D eigenvalue weighted by Crippen LogP contribution is -2.13. The fraction of sp³-hybridized carbons (Fsp3) is 0.304. The number of carbonyl (C=O) groups is 1. The number of nitrogens with zero attached hydrogens (tertiary/aromatic N) is 1. The van der Waals surface area contributed by atoms with Crippen molar-refractivity contribution in [3.05, 3.63) is 64.2 Å². The van der Waals surface area contributed by atoms with Crippen molar-refractivity contribution >= 4 is 17.7 Å². The van der Waals surface area contributed by atoms with Crippen molar-refractivity contribution in [2.75, 3.05) is 12.4 Å². The molecule has 0 radical (unpaired) electrons. The minimum absolute atomic E-state index is 0.0672. The fourth-order valence-electron chi connectivity index (χ4n) is 2.83. The van der Waals surface area contributed by atoms with Crippen molar-refractivity contribution in [1.82, 2.24) is 0 Å². The molecule has 2 aromatic rings. The van der Waals surface area contributed by atoms with Crippen molar-refractivity contribution in [2.45, 2.75) is 40.0 Å². The van der Waals surface area contributed by atoms with E-state index >= 15 is 0 Å². The van der Waals surface area contributed by atoms with E-state index in [4.69, 9.17) is 4.74 Å². The Morgan fingerprint density at radius 2 is 1.93 bits per heavy atom. The largest absolute Gasteiger partial charge is 0.496 e. The second-order valence-corrected chi connectivity index (χ2v) is 6.78. The maximum Gasteiger partial charge on any atom is 0.266 e. The number of carbonyl (C=O) groups excluding carboxylic acids is 1. The molecular weight excluding hydrogens is 336 g/mol. The lowest BCUT2D eigenvalue weighted by atomic mass is 9.95. The highest BCUT2D eigenvalue weighted by atomic mass is 16.5. The minimum Gasteiger partial charge on any atom is -0.496 e. The van der Waals surface area contributed by atoms with Crippen LogP contribution in [0.1, 0.15) is 48.9 Å². The van der Waals surface area contributed by atoms with Crippen LogP contribution in [0.5, 0.6) is 5.75 Å². The van der Waals surface area contributed by atoms with Crippen LogP contribution < -0.4 is 10.1 Å². The highest BCUT2D eigenvalue weighted by Gasteiger charge is 2.14. The molecule has 27 heavy (non-hydrogen) atoms. The maximum atomic E-state index is 12.5. The van der Waals surface area contributed by atoms with Gasteiger partial charge >= 0.3 is 0 Å². The molecule has 0 saturated heterocycles. The highest BCUT2D eigenvalue weighted by molar-refractivity contribution is 6.09. The van der Waals surface area contributed by atoms with Gasteiger partial charge in [0.25, 0.3) is 5.91 Å². The van der Waals surface area contributed by atoms with Gasteiger partial charge in [-0.1, -0.05) is 32.9 Å². The van der Waals surface area contributed by atoms with E-state index in [9.17, 15) is 10.1 Å². The zero-order valence-electron chi connectivity index (χ0n) is 16.6. The molecule has 140 valence electrons. The summed E-state index contributed by atoms with van der Waals surface area (Å²) in [7, 11) is 1.65. The van der Waals surface area contributed by atoms with Crippen LogP contribution in [0.25, 0.3) is 6.08 Å². The molecule has 0 aliphatic carbocycles. The van der Waals surface area contributed by atoms with Crippen LogP contribution >= 0.6 is 0 Å². The molecule has 0 aliphatic rings. The smallest absolute Gasteiger partial charge is 0.266 e. The quantitative estimate of drug-likeness (QED) is 0.565. The molecule has 0 fully saturated rings. The molecule has 0 aromatic heterocycles. The van der Waals surface area contributed by atoms with Crippen LogP contribution in [-0.4, -0.2) is 13.0 Å². The van der Waals surface area contributed by atoms with Crippen LogP contribution in [0.4, 0.5) is 5.69 Å². The summed E-state index contributed by atoms with van der Waals surface area (Å²) in [6.07, 6.45) is 2.57. The van der Waals surface area contributed by atoms with Gasteiger partial charge in [0.15, 0.2) is 0 Å². The summed E-state index contributed by atoms with van der Waals surface area (Å²) >= 11 is 0. The molecule has 0 saturated carbocycles. The summed E-state index contributed by atoms with van der Waals surface area (Å²) in [5, 5.41) is 12.3. The number of anilines is 1. The third kappa shape index (κ3) is 4.98. The topological polar surface area (TPSA) is 62.1 Å². The average molecular weight is 362 g/mol. The number of ether oxygens (including phenoxy) is 1. The molecule has 0 bridgehead atoms. The number of nitrogens with one attached hydrogen (secondary N) is 1. The van der Waals surface area contributed by atoms with Gasteiger partial charge in [-0.25, -0.2) is 0 Å². The van der Waals surface area contributed by atoms with E-state index in [2.05, 4.69) is 26.1 Å². The van der Waals surface area contributed by atoms with Gasteiger partial charge in [-0.05, 0) is 71.9 Å². The molecule has 1 N–H and O–H groups in total. The first kappa shape index (κ1) is 20.3. The lowest BCUT2D eigenvalue weighted by Gasteiger charge is -2.15. The Labute approximate surface area is 161 Å². The number of hydrogen-bond acceptors (Lipinski definition) is 3. The number of hydrogen-bond donors (Lipinski definition) is 1. The second kappa shape index (κ2) is 9.05. The van der Waals surface area contributed by atoms with Crippen LogP contribution in [0, 0.1) is 18.3 Å². The fourth-order valence-corrected chi connectivity index (χ4v) is 2.83. The van der Waals surface area contributed by atoms with E-state index < -0.39 is 5.91 Å². The molecule has 4 heteroatoms. The molecule has 0 unspecified atom stereocenters. The van der Waals surface area contributed by atoms with Gasteiger partial charge in [0, 0.05) is 5.69 Å². The van der Waals surface area contributed by atoms with Crippen molar-refractivity contribution in [2.24, 2.45) is 0 Å². The van der Waals surface area contributed by atoms with Crippen LogP contribution in [0.2, 0.25) is 0 Å². The Bertz CT molecular complexity index is 888. The van der Waals surface area contributed by atoms with Crippen molar-refractivity contribution in [3.63, 3.8) is 0 Å². The van der Waals surface area contributed by atoms with E-state index in [1.807, 2.05) is 49.4 Å². The average Bonchev–Trinajstić information content (AvgIpc) is 2.66. The first-order valence-corrected chi connectivity index (χ1v) is 9.10. The summed E-state index contributed by atoms with van der Waals surface area (Å²) in [6.45, 7) is 8.18. The minimum atomic E-state index is -0.414. The molecule has 0 spiro atoms. The maximum absolute atomic E-state index is 12.5. The van der Waals surface area contributed by atoms with Gasteiger partial charge in [0.2, 0.25) is 0 Å². The number of amides is 1. The predicted molar refractivity (Wildman–Crippen MR) is 110 cm³/mol. The van der Waals surface area contributed by atoms with Gasteiger partial charge in [0.1, 0.15) is 17.4 Å². The molecular formula is C23H26N2O2. The Morgan fingerprint density at radius 3 is 2.44 bits per heavy atom. The van der Waals surface area contributed by atoms with Gasteiger partial charge < -0.3 is 10.1 Å². The first-order valence-electron chi connectivity index (χ1n) is 9.10. The molecule has 1 amide bonds. The standard InChI is InChI=1S/C23H26N2O2/c1-6-17-7-9-20(10-8-17)25-23(26)19(14-24)12-18-13-21(15(2)3)22(27-5)11-16(18)4/h7-13,15H,6H2,1-5H3,(H,25,26)/b19-12+. The van der Waals surface area contributed by atoms with Gasteiger partial charge in [-0.3, -0.25) is 4.79 Å². The Kier molecular flexibility index (Phi) is 6.79. The number of benzene rings is 2. The van der Waals surface area contributed by atoms with E-state index in [0.717, 1.165) is 28.9 Å². The van der Waals surface area contributed by atoms with E-state index in [-0.39, 0.29) is 11.5 Å². The number of nitriles is 1. The van der Waals surface area contributed by atoms with Gasteiger partial charge in [-0.15, -0.1) is 0 Å². The van der Waals surface area contributed by atoms with Gasteiger partial charge in [0.05, 0.1) is 7.11 Å². The van der Waals surface area contributed by atoms with E-state index in [0.29, 0.717) is 5.69 Å². The summed E-state index contributed by atoms with van der Waals surface area (Å²) in [4.78, 5) is 12.5. The van der Waals surface area contributed by atoms with E-state index in [1.54, 1.807) is 13.2 Å². The summed E-state index contributed by atoms with van der Waals surface area (Å²) in [6, 6.07) is 13.6.